The number of aromatic nitrogens is 2. The fourth-order valence-corrected chi connectivity index (χ4v) is 4.24. The fraction of sp³-hybridized carbons (Fsp3) is 0.500. The van der Waals surface area contributed by atoms with Gasteiger partial charge in [-0.15, -0.1) is 22.7 Å². The van der Waals surface area contributed by atoms with Gasteiger partial charge in [0.25, 0.3) is 0 Å². The zero-order chi connectivity index (χ0) is 17.1. The van der Waals surface area contributed by atoms with E-state index in [1.807, 2.05) is 24.6 Å². The summed E-state index contributed by atoms with van der Waals surface area (Å²) < 4.78 is 0. The number of rotatable bonds is 4. The molecule has 2 aromatic rings. The molecule has 2 heterocycles. The second-order valence-corrected chi connectivity index (χ2v) is 7.83. The van der Waals surface area contributed by atoms with E-state index >= 15 is 0 Å². The molecule has 0 spiro atoms. The molecule has 0 atom stereocenters. The Kier molecular flexibility index (Phi) is 5.25. The quantitative estimate of drug-likeness (QED) is 0.868. The lowest BCUT2D eigenvalue weighted by molar-refractivity contribution is -0.125. The van der Waals surface area contributed by atoms with E-state index in [9.17, 15) is 9.59 Å². The number of nitrogens with zero attached hydrogens (tertiary/aromatic N) is 2. The van der Waals surface area contributed by atoms with E-state index in [0.717, 1.165) is 37.1 Å². The van der Waals surface area contributed by atoms with Gasteiger partial charge in [-0.2, -0.15) is 0 Å². The van der Waals surface area contributed by atoms with Crippen LogP contribution < -0.4 is 10.6 Å². The summed E-state index contributed by atoms with van der Waals surface area (Å²) in [6, 6.07) is 0. The van der Waals surface area contributed by atoms with Crippen molar-refractivity contribution in [3.8, 4) is 0 Å². The summed E-state index contributed by atoms with van der Waals surface area (Å²) in [4.78, 5) is 33.1. The highest BCUT2D eigenvalue weighted by Crippen LogP contribution is 2.31. The van der Waals surface area contributed by atoms with Crippen LogP contribution in [0.4, 0.5) is 10.3 Å². The number of carbonyl (C=O) groups excluding carboxylic acids is 2. The van der Waals surface area contributed by atoms with Gasteiger partial charge in [0.2, 0.25) is 11.8 Å². The van der Waals surface area contributed by atoms with Gasteiger partial charge in [-0.1, -0.05) is 0 Å². The van der Waals surface area contributed by atoms with Crippen LogP contribution in [-0.2, 0) is 9.59 Å². The van der Waals surface area contributed by atoms with Gasteiger partial charge in [-0.25, -0.2) is 9.97 Å². The summed E-state index contributed by atoms with van der Waals surface area (Å²) in [5.41, 5.74) is 1.82. The summed E-state index contributed by atoms with van der Waals surface area (Å²) >= 11 is 2.88. The smallest absolute Gasteiger partial charge is 0.229 e. The van der Waals surface area contributed by atoms with Crippen molar-refractivity contribution in [1.29, 1.82) is 0 Å². The van der Waals surface area contributed by atoms with Gasteiger partial charge >= 0.3 is 0 Å². The van der Waals surface area contributed by atoms with Crippen molar-refractivity contribution in [1.82, 2.24) is 9.97 Å². The summed E-state index contributed by atoms with van der Waals surface area (Å²) in [5, 5.41) is 10.9. The summed E-state index contributed by atoms with van der Waals surface area (Å²) in [7, 11) is 0. The molecule has 6 nitrogen and oxygen atoms in total. The molecule has 3 rings (SSSR count). The number of anilines is 2. The average Bonchev–Trinajstić information content (AvgIpc) is 3.15. The molecule has 8 heteroatoms. The van der Waals surface area contributed by atoms with E-state index < -0.39 is 0 Å². The van der Waals surface area contributed by atoms with Crippen LogP contribution in [0.2, 0.25) is 0 Å². The van der Waals surface area contributed by atoms with Crippen LogP contribution in [0.3, 0.4) is 0 Å². The molecular weight excluding hydrogens is 344 g/mol. The lowest BCUT2D eigenvalue weighted by atomic mass is 9.81. The molecular formula is C16H20N4O2S2. The first-order valence-corrected chi connectivity index (χ1v) is 9.73. The number of nitrogens with one attached hydrogen (secondary N) is 2. The maximum absolute atomic E-state index is 12.3. The molecule has 0 saturated heterocycles. The van der Waals surface area contributed by atoms with Crippen LogP contribution in [0.15, 0.2) is 10.8 Å². The molecule has 0 aliphatic heterocycles. The second-order valence-electron chi connectivity index (χ2n) is 6.12. The Morgan fingerprint density at radius 2 is 1.25 bits per heavy atom. The topological polar surface area (TPSA) is 84.0 Å². The first-order chi connectivity index (χ1) is 11.5. The van der Waals surface area contributed by atoms with Gasteiger partial charge in [0, 0.05) is 22.6 Å². The predicted molar refractivity (Wildman–Crippen MR) is 96.4 cm³/mol. The van der Waals surface area contributed by atoms with Crippen LogP contribution in [0, 0.1) is 25.7 Å². The van der Waals surface area contributed by atoms with E-state index in [4.69, 9.17) is 0 Å². The SMILES string of the molecule is Cc1csc(NC(=O)C2CCC(C(=O)Nc3nc(C)cs3)CC2)n1. The van der Waals surface area contributed by atoms with Crippen molar-refractivity contribution in [2.45, 2.75) is 39.5 Å². The predicted octanol–water partition coefficient (Wildman–Crippen LogP) is 3.60. The minimum absolute atomic E-state index is 0.0127. The lowest BCUT2D eigenvalue weighted by Gasteiger charge is -2.26. The molecule has 1 saturated carbocycles. The number of aryl methyl sites for hydroxylation is 2. The van der Waals surface area contributed by atoms with Gasteiger partial charge in [-0.05, 0) is 39.5 Å². The van der Waals surface area contributed by atoms with Crippen LogP contribution in [-0.4, -0.2) is 21.8 Å². The Balaban J connectivity index is 1.48. The van der Waals surface area contributed by atoms with E-state index in [2.05, 4.69) is 20.6 Å². The highest BCUT2D eigenvalue weighted by molar-refractivity contribution is 7.14. The van der Waals surface area contributed by atoms with Crippen molar-refractivity contribution in [2.75, 3.05) is 10.6 Å². The Labute approximate surface area is 148 Å². The Hall–Kier alpha value is -1.80. The van der Waals surface area contributed by atoms with E-state index in [-0.39, 0.29) is 23.7 Å². The zero-order valence-electron chi connectivity index (χ0n) is 13.7. The van der Waals surface area contributed by atoms with Crippen molar-refractivity contribution in [2.24, 2.45) is 11.8 Å². The van der Waals surface area contributed by atoms with Crippen molar-refractivity contribution in [3.05, 3.63) is 22.1 Å². The highest BCUT2D eigenvalue weighted by atomic mass is 32.1. The average molecular weight is 364 g/mol. The van der Waals surface area contributed by atoms with Crippen molar-refractivity contribution in [3.63, 3.8) is 0 Å². The molecule has 2 aromatic heterocycles. The van der Waals surface area contributed by atoms with E-state index in [1.54, 1.807) is 0 Å². The third-order valence-corrected chi connectivity index (χ3v) is 5.92. The molecule has 0 unspecified atom stereocenters. The van der Waals surface area contributed by atoms with Gasteiger partial charge < -0.3 is 10.6 Å². The normalized spacial score (nSPS) is 20.6. The first-order valence-electron chi connectivity index (χ1n) is 7.97. The minimum atomic E-state index is -0.0413. The van der Waals surface area contributed by atoms with E-state index in [0.29, 0.717) is 10.3 Å². The maximum Gasteiger partial charge on any atom is 0.229 e. The van der Waals surface area contributed by atoms with Gasteiger partial charge in [-0.3, -0.25) is 9.59 Å². The largest absolute Gasteiger partial charge is 0.302 e. The van der Waals surface area contributed by atoms with Crippen LogP contribution >= 0.6 is 22.7 Å². The van der Waals surface area contributed by atoms with Crippen molar-refractivity contribution < 1.29 is 9.59 Å². The van der Waals surface area contributed by atoms with Gasteiger partial charge in [0.05, 0.1) is 11.4 Å². The molecule has 0 bridgehead atoms. The van der Waals surface area contributed by atoms with Crippen LogP contribution in [0.25, 0.3) is 0 Å². The summed E-state index contributed by atoms with van der Waals surface area (Å²) in [6.07, 6.45) is 2.91. The van der Waals surface area contributed by atoms with Crippen molar-refractivity contribution >= 4 is 44.8 Å². The standard InChI is InChI=1S/C16H20N4O2S2/c1-9-7-23-15(17-9)19-13(21)11-3-5-12(6-4-11)14(22)20-16-18-10(2)8-24-16/h7-8,11-12H,3-6H2,1-2H3,(H,17,19,21)(H,18,20,22). The lowest BCUT2D eigenvalue weighted by Crippen LogP contribution is -2.32. The molecule has 0 aromatic carbocycles. The maximum atomic E-state index is 12.3. The molecule has 1 aliphatic carbocycles. The van der Waals surface area contributed by atoms with Crippen LogP contribution in [0.5, 0.6) is 0 Å². The molecule has 128 valence electrons. The molecule has 1 fully saturated rings. The fourth-order valence-electron chi connectivity index (χ4n) is 2.86. The first kappa shape index (κ1) is 17.0. The van der Waals surface area contributed by atoms with E-state index in [1.165, 1.54) is 22.7 Å². The highest BCUT2D eigenvalue weighted by Gasteiger charge is 2.30. The van der Waals surface area contributed by atoms with Gasteiger partial charge in [0.1, 0.15) is 0 Å². The molecule has 2 N–H and O–H groups in total. The summed E-state index contributed by atoms with van der Waals surface area (Å²) in [5.74, 6) is -0.0572. The number of amides is 2. The molecule has 2 amide bonds. The second kappa shape index (κ2) is 7.40. The van der Waals surface area contributed by atoms with Gasteiger partial charge in [0.15, 0.2) is 10.3 Å². The third kappa shape index (κ3) is 4.18. The minimum Gasteiger partial charge on any atom is -0.302 e. The number of thiazole rings is 2. The van der Waals surface area contributed by atoms with Crippen LogP contribution in [0.1, 0.15) is 37.1 Å². The third-order valence-electron chi connectivity index (χ3n) is 4.17. The number of carbonyl (C=O) groups is 2. The molecule has 1 aliphatic rings. The monoisotopic (exact) mass is 364 g/mol. The Morgan fingerprint density at radius 3 is 1.54 bits per heavy atom. The molecule has 24 heavy (non-hydrogen) atoms. The number of hydrogen-bond acceptors (Lipinski definition) is 6. The molecule has 0 radical (unpaired) electrons. The number of hydrogen-bond donors (Lipinski definition) is 2. The Morgan fingerprint density at radius 1 is 0.875 bits per heavy atom. The summed E-state index contributed by atoms with van der Waals surface area (Å²) in [6.45, 7) is 3.81. The Bertz CT molecular complexity index is 670. The zero-order valence-corrected chi connectivity index (χ0v) is 15.3.